The van der Waals surface area contributed by atoms with E-state index in [1.165, 1.54) is 15.9 Å². The predicted molar refractivity (Wildman–Crippen MR) is 78.7 cm³/mol. The number of hydrogen-bond donors (Lipinski definition) is 2. The van der Waals surface area contributed by atoms with Gasteiger partial charge in [0.25, 0.3) is 0 Å². The van der Waals surface area contributed by atoms with Crippen LogP contribution in [0, 0.1) is 0 Å². The van der Waals surface area contributed by atoms with Crippen LogP contribution in [-0.4, -0.2) is 54.2 Å². The lowest BCUT2D eigenvalue weighted by Gasteiger charge is -2.30. The highest BCUT2D eigenvalue weighted by Crippen LogP contribution is 2.22. The Hall–Kier alpha value is -2.28. The van der Waals surface area contributed by atoms with Gasteiger partial charge in [-0.05, 0) is 18.2 Å². The third-order valence-corrected chi connectivity index (χ3v) is 3.38. The van der Waals surface area contributed by atoms with Gasteiger partial charge in [-0.2, -0.15) is 0 Å². The molecule has 1 heterocycles. The Morgan fingerprint density at radius 1 is 1.33 bits per heavy atom. The van der Waals surface area contributed by atoms with Gasteiger partial charge in [-0.1, -0.05) is 11.6 Å². The zero-order chi connectivity index (χ0) is 15.6. The molecule has 1 aromatic carbocycles. The van der Waals surface area contributed by atoms with Crippen LogP contribution >= 0.6 is 11.6 Å². The first-order chi connectivity index (χ1) is 9.88. The first-order valence-corrected chi connectivity index (χ1v) is 6.65. The molecule has 1 aliphatic rings. The first kappa shape index (κ1) is 15.1. The van der Waals surface area contributed by atoms with Gasteiger partial charge in [0, 0.05) is 25.2 Å². The Balaban J connectivity index is 1.99. The topological polar surface area (TPSA) is 95.7 Å². The minimum absolute atomic E-state index is 0.194. The Labute approximate surface area is 126 Å². The van der Waals surface area contributed by atoms with E-state index in [9.17, 15) is 14.4 Å². The van der Waals surface area contributed by atoms with Crippen molar-refractivity contribution >= 4 is 40.7 Å². The van der Waals surface area contributed by atoms with Gasteiger partial charge in [0.1, 0.15) is 6.54 Å². The minimum Gasteiger partial charge on any atom is -0.397 e. The van der Waals surface area contributed by atoms with Crippen molar-refractivity contribution < 1.29 is 14.4 Å². The summed E-state index contributed by atoms with van der Waals surface area (Å²) in [6.45, 7) is 0.534. The second-order valence-corrected chi connectivity index (χ2v) is 5.17. The molecule has 7 nitrogen and oxygen atoms in total. The highest BCUT2D eigenvalue weighted by Gasteiger charge is 2.31. The van der Waals surface area contributed by atoms with E-state index in [0.717, 1.165) is 0 Å². The summed E-state index contributed by atoms with van der Waals surface area (Å²) in [5.41, 5.74) is 6.47. The standard InChI is InChI=1S/C13H15ClN4O3/c1-17-4-5-18(13(21)12(17)20)7-11(19)16-10-3-2-8(14)6-9(10)15/h2-3,6H,4-5,7,15H2,1H3,(H,16,19). The van der Waals surface area contributed by atoms with Crippen molar-refractivity contribution in [3.63, 3.8) is 0 Å². The summed E-state index contributed by atoms with van der Waals surface area (Å²) in [5, 5.41) is 3.05. The molecule has 1 aliphatic heterocycles. The molecule has 3 N–H and O–H groups in total. The molecule has 1 aromatic rings. The number of benzene rings is 1. The van der Waals surface area contributed by atoms with Crippen molar-refractivity contribution in [2.24, 2.45) is 0 Å². The second kappa shape index (κ2) is 6.01. The fourth-order valence-corrected chi connectivity index (χ4v) is 2.11. The third-order valence-electron chi connectivity index (χ3n) is 3.14. The molecule has 1 fully saturated rings. The number of carbonyl (C=O) groups is 3. The molecule has 21 heavy (non-hydrogen) atoms. The Kier molecular flexibility index (Phi) is 4.32. The van der Waals surface area contributed by atoms with E-state index in [1.807, 2.05) is 0 Å². The maximum atomic E-state index is 11.9. The van der Waals surface area contributed by atoms with Crippen LogP contribution < -0.4 is 11.1 Å². The van der Waals surface area contributed by atoms with Crippen molar-refractivity contribution in [3.05, 3.63) is 23.2 Å². The number of likely N-dealkylation sites (N-methyl/N-ethyl adjacent to an activating group) is 1. The summed E-state index contributed by atoms with van der Waals surface area (Å²) in [5.74, 6) is -1.71. The van der Waals surface area contributed by atoms with E-state index in [4.69, 9.17) is 17.3 Å². The van der Waals surface area contributed by atoms with Gasteiger partial charge >= 0.3 is 11.8 Å². The van der Waals surface area contributed by atoms with Crippen LogP contribution in [0.25, 0.3) is 0 Å². The molecule has 112 valence electrons. The van der Waals surface area contributed by atoms with Crippen LogP contribution in [0.4, 0.5) is 11.4 Å². The molecular formula is C13H15ClN4O3. The summed E-state index contributed by atoms with van der Waals surface area (Å²) < 4.78 is 0. The smallest absolute Gasteiger partial charge is 0.312 e. The molecule has 3 amide bonds. The molecule has 0 aliphatic carbocycles. The number of nitrogens with one attached hydrogen (secondary N) is 1. The third kappa shape index (κ3) is 3.43. The Bertz CT molecular complexity index is 605. The van der Waals surface area contributed by atoms with E-state index in [2.05, 4.69) is 5.32 Å². The van der Waals surface area contributed by atoms with Gasteiger partial charge in [0.05, 0.1) is 11.4 Å². The van der Waals surface area contributed by atoms with E-state index in [-0.39, 0.29) is 6.54 Å². The van der Waals surface area contributed by atoms with E-state index in [1.54, 1.807) is 19.2 Å². The van der Waals surface area contributed by atoms with Crippen LogP contribution in [0.15, 0.2) is 18.2 Å². The first-order valence-electron chi connectivity index (χ1n) is 6.27. The number of nitrogen functional groups attached to an aromatic ring is 1. The number of carbonyl (C=O) groups excluding carboxylic acids is 3. The highest BCUT2D eigenvalue weighted by atomic mass is 35.5. The summed E-state index contributed by atoms with van der Waals surface area (Å²) in [6.07, 6.45) is 0. The van der Waals surface area contributed by atoms with Crippen molar-refractivity contribution in [2.75, 3.05) is 37.7 Å². The van der Waals surface area contributed by atoms with Crippen molar-refractivity contribution in [1.82, 2.24) is 9.80 Å². The second-order valence-electron chi connectivity index (χ2n) is 4.73. The molecule has 0 unspecified atom stereocenters. The lowest BCUT2D eigenvalue weighted by Crippen LogP contribution is -2.54. The van der Waals surface area contributed by atoms with Gasteiger partial charge in [-0.25, -0.2) is 0 Å². The van der Waals surface area contributed by atoms with E-state index < -0.39 is 17.7 Å². The normalized spacial score (nSPS) is 15.3. The number of hydrogen-bond acceptors (Lipinski definition) is 4. The average Bonchev–Trinajstić information content (AvgIpc) is 2.43. The van der Waals surface area contributed by atoms with E-state index in [0.29, 0.717) is 29.5 Å². The molecule has 0 spiro atoms. The van der Waals surface area contributed by atoms with Crippen molar-refractivity contribution in [2.45, 2.75) is 0 Å². The van der Waals surface area contributed by atoms with Crippen LogP contribution in [0.1, 0.15) is 0 Å². The molecule has 2 rings (SSSR count). The monoisotopic (exact) mass is 310 g/mol. The molecule has 0 radical (unpaired) electrons. The van der Waals surface area contributed by atoms with Gasteiger partial charge in [-0.3, -0.25) is 14.4 Å². The number of anilines is 2. The Morgan fingerprint density at radius 3 is 2.71 bits per heavy atom. The molecule has 0 atom stereocenters. The Morgan fingerprint density at radius 2 is 2.05 bits per heavy atom. The predicted octanol–water partition coefficient (Wildman–Crippen LogP) is 0.161. The minimum atomic E-state index is -0.678. The average molecular weight is 311 g/mol. The fourth-order valence-electron chi connectivity index (χ4n) is 1.93. The van der Waals surface area contributed by atoms with Crippen LogP contribution in [-0.2, 0) is 14.4 Å². The zero-order valence-corrected chi connectivity index (χ0v) is 12.2. The summed E-state index contributed by atoms with van der Waals surface area (Å²) >= 11 is 5.77. The van der Waals surface area contributed by atoms with Crippen molar-refractivity contribution in [3.8, 4) is 0 Å². The summed E-state index contributed by atoms with van der Waals surface area (Å²) in [7, 11) is 1.55. The van der Waals surface area contributed by atoms with Crippen LogP contribution in [0.3, 0.4) is 0 Å². The number of nitrogens with zero attached hydrogens (tertiary/aromatic N) is 2. The highest BCUT2D eigenvalue weighted by molar-refractivity contribution is 6.35. The molecule has 8 heteroatoms. The molecular weight excluding hydrogens is 296 g/mol. The zero-order valence-electron chi connectivity index (χ0n) is 11.4. The SMILES string of the molecule is CN1CCN(CC(=O)Nc2ccc(Cl)cc2N)C(=O)C1=O. The molecule has 0 saturated carbocycles. The number of amides is 3. The van der Waals surface area contributed by atoms with Gasteiger partial charge in [0.15, 0.2) is 0 Å². The lowest BCUT2D eigenvalue weighted by atomic mass is 10.2. The van der Waals surface area contributed by atoms with Gasteiger partial charge < -0.3 is 20.9 Å². The van der Waals surface area contributed by atoms with Crippen LogP contribution in [0.5, 0.6) is 0 Å². The van der Waals surface area contributed by atoms with Gasteiger partial charge in [-0.15, -0.1) is 0 Å². The molecule has 1 saturated heterocycles. The lowest BCUT2D eigenvalue weighted by molar-refractivity contribution is -0.155. The number of rotatable bonds is 3. The van der Waals surface area contributed by atoms with Crippen molar-refractivity contribution in [1.29, 1.82) is 0 Å². The fraction of sp³-hybridized carbons (Fsp3) is 0.308. The van der Waals surface area contributed by atoms with Crippen LogP contribution in [0.2, 0.25) is 5.02 Å². The summed E-state index contributed by atoms with van der Waals surface area (Å²) in [6, 6.07) is 4.69. The maximum absolute atomic E-state index is 11.9. The number of halogens is 1. The number of nitrogens with two attached hydrogens (primary N) is 1. The maximum Gasteiger partial charge on any atom is 0.312 e. The largest absolute Gasteiger partial charge is 0.397 e. The molecule has 0 bridgehead atoms. The van der Waals surface area contributed by atoms with E-state index >= 15 is 0 Å². The quantitative estimate of drug-likeness (QED) is 0.614. The number of piperazine rings is 1. The summed E-state index contributed by atoms with van der Waals surface area (Å²) in [4.78, 5) is 37.8. The molecule has 0 aromatic heterocycles. The van der Waals surface area contributed by atoms with Gasteiger partial charge in [0.2, 0.25) is 5.91 Å².